The highest BCUT2D eigenvalue weighted by Gasteiger charge is 2.11. The Morgan fingerprint density at radius 3 is 2.82 bits per heavy atom. The first-order chi connectivity index (χ1) is 10.5. The predicted molar refractivity (Wildman–Crippen MR) is 71.0 cm³/mol. The number of rotatable bonds is 7. The molecule has 2 N–H and O–H groups in total. The number of nitrogens with one attached hydrogen (secondary N) is 1. The number of hydrogen-bond donors (Lipinski definition) is 2. The number of carboxylic acid groups (broad SMARTS) is 1. The molecule has 0 aliphatic heterocycles. The predicted octanol–water partition coefficient (Wildman–Crippen LogP) is 0.789. The first-order valence-corrected chi connectivity index (χ1v) is 6.21. The summed E-state index contributed by atoms with van der Waals surface area (Å²) in [5, 5.41) is 25.5. The highest BCUT2D eigenvalue weighted by atomic mass is 16.6. The summed E-state index contributed by atoms with van der Waals surface area (Å²) >= 11 is 0. The molecule has 0 aliphatic rings. The lowest BCUT2D eigenvalue weighted by Crippen LogP contribution is -2.23. The third kappa shape index (κ3) is 3.91. The zero-order valence-corrected chi connectivity index (χ0v) is 11.3. The number of aromatic carboxylic acids is 1. The van der Waals surface area contributed by atoms with Crippen LogP contribution in [0.1, 0.15) is 22.7 Å². The van der Waals surface area contributed by atoms with E-state index < -0.39 is 10.9 Å². The van der Waals surface area contributed by atoms with Gasteiger partial charge in [-0.15, -0.1) is 0 Å². The summed E-state index contributed by atoms with van der Waals surface area (Å²) < 4.78 is 6.28. The number of hydrogen-bond acceptors (Lipinski definition) is 6. The van der Waals surface area contributed by atoms with E-state index >= 15 is 0 Å². The van der Waals surface area contributed by atoms with E-state index in [1.165, 1.54) is 23.0 Å². The van der Waals surface area contributed by atoms with E-state index in [4.69, 9.17) is 9.52 Å². The second-order valence-corrected chi connectivity index (χ2v) is 4.32. The molecule has 0 saturated carbocycles. The number of aryl methyl sites for hydroxylation is 1. The molecule has 22 heavy (non-hydrogen) atoms. The third-order valence-corrected chi connectivity index (χ3v) is 2.73. The van der Waals surface area contributed by atoms with Gasteiger partial charge in [0.25, 0.3) is 0 Å². The molecule has 2 aromatic rings. The molecule has 0 bridgehead atoms. The second kappa shape index (κ2) is 6.52. The molecule has 0 unspecified atom stereocenters. The first-order valence-electron chi connectivity index (χ1n) is 6.21. The Bertz CT molecular complexity index is 646. The van der Waals surface area contributed by atoms with E-state index in [9.17, 15) is 19.7 Å². The van der Waals surface area contributed by atoms with Crippen molar-refractivity contribution in [3.05, 3.63) is 46.2 Å². The Hall–Kier alpha value is -3.17. The van der Waals surface area contributed by atoms with Gasteiger partial charge in [0.1, 0.15) is 18.2 Å². The topological polar surface area (TPSA) is 140 Å². The van der Waals surface area contributed by atoms with Crippen molar-refractivity contribution in [1.82, 2.24) is 15.1 Å². The van der Waals surface area contributed by atoms with Crippen LogP contribution in [0.3, 0.4) is 0 Å². The van der Waals surface area contributed by atoms with Gasteiger partial charge in [-0.3, -0.25) is 19.6 Å². The van der Waals surface area contributed by atoms with Gasteiger partial charge in [0.2, 0.25) is 11.7 Å². The largest absolute Gasteiger partial charge is 0.475 e. The van der Waals surface area contributed by atoms with Crippen molar-refractivity contribution in [2.75, 3.05) is 0 Å². The molecule has 0 spiro atoms. The van der Waals surface area contributed by atoms with Gasteiger partial charge in [-0.25, -0.2) is 4.79 Å². The van der Waals surface area contributed by atoms with Crippen LogP contribution in [0.25, 0.3) is 0 Å². The van der Waals surface area contributed by atoms with Gasteiger partial charge in [-0.05, 0) is 12.1 Å². The van der Waals surface area contributed by atoms with Crippen LogP contribution < -0.4 is 5.32 Å². The maximum Gasteiger partial charge on any atom is 0.371 e. The molecule has 10 heteroatoms. The number of aromatic nitrogens is 2. The van der Waals surface area contributed by atoms with E-state index in [-0.39, 0.29) is 36.9 Å². The first kappa shape index (κ1) is 15.2. The van der Waals surface area contributed by atoms with Crippen molar-refractivity contribution in [2.24, 2.45) is 0 Å². The van der Waals surface area contributed by atoms with Crippen LogP contribution in [0.2, 0.25) is 0 Å². The molecule has 2 aromatic heterocycles. The van der Waals surface area contributed by atoms with Crippen LogP contribution in [0, 0.1) is 10.1 Å². The molecule has 0 radical (unpaired) electrons. The van der Waals surface area contributed by atoms with Crippen molar-refractivity contribution in [3.8, 4) is 0 Å². The number of nitrogens with zero attached hydrogens (tertiary/aromatic N) is 3. The van der Waals surface area contributed by atoms with Gasteiger partial charge in [0.05, 0.1) is 11.5 Å². The minimum atomic E-state index is -1.18. The maximum absolute atomic E-state index is 11.6. The second-order valence-electron chi connectivity index (χ2n) is 4.32. The molecule has 2 heterocycles. The molecule has 0 saturated heterocycles. The van der Waals surface area contributed by atoms with Crippen LogP contribution in [-0.2, 0) is 17.9 Å². The summed E-state index contributed by atoms with van der Waals surface area (Å²) in [6, 6.07) is 2.76. The summed E-state index contributed by atoms with van der Waals surface area (Å²) in [4.78, 5) is 32.2. The van der Waals surface area contributed by atoms with Gasteiger partial charge in [0.15, 0.2) is 0 Å². The zero-order chi connectivity index (χ0) is 16.1. The number of carbonyl (C=O) groups is 2. The molecule has 0 aliphatic carbocycles. The fourth-order valence-corrected chi connectivity index (χ4v) is 1.65. The normalized spacial score (nSPS) is 10.4. The third-order valence-electron chi connectivity index (χ3n) is 2.73. The summed E-state index contributed by atoms with van der Waals surface area (Å²) in [5.74, 6) is -1.38. The summed E-state index contributed by atoms with van der Waals surface area (Å²) in [6.07, 6.45) is 2.42. The van der Waals surface area contributed by atoms with Crippen LogP contribution in [0.15, 0.2) is 28.9 Å². The molecule has 0 aromatic carbocycles. The maximum atomic E-state index is 11.6. The number of furan rings is 1. The molecular weight excluding hydrogens is 296 g/mol. The van der Waals surface area contributed by atoms with E-state index in [0.29, 0.717) is 5.76 Å². The van der Waals surface area contributed by atoms with Gasteiger partial charge >= 0.3 is 11.7 Å². The molecular formula is C12H12N4O6. The summed E-state index contributed by atoms with van der Waals surface area (Å²) in [6.45, 7) is 0.254. The Labute approximate surface area is 123 Å². The van der Waals surface area contributed by atoms with E-state index in [0.717, 1.165) is 6.20 Å². The molecule has 116 valence electrons. The summed E-state index contributed by atoms with van der Waals surface area (Å²) in [5.41, 5.74) is -0.141. The number of carboxylic acids is 1. The Morgan fingerprint density at radius 1 is 1.45 bits per heavy atom. The Balaban J connectivity index is 1.77. The quantitative estimate of drug-likeness (QED) is 0.569. The Morgan fingerprint density at radius 2 is 2.23 bits per heavy atom. The van der Waals surface area contributed by atoms with Gasteiger partial charge in [-0.1, -0.05) is 0 Å². The lowest BCUT2D eigenvalue weighted by Gasteiger charge is -2.03. The van der Waals surface area contributed by atoms with Crippen molar-refractivity contribution in [2.45, 2.75) is 19.5 Å². The average molecular weight is 308 g/mol. The van der Waals surface area contributed by atoms with Crippen LogP contribution in [-0.4, -0.2) is 31.7 Å². The van der Waals surface area contributed by atoms with Crippen molar-refractivity contribution in [1.29, 1.82) is 0 Å². The van der Waals surface area contributed by atoms with Crippen LogP contribution in [0.5, 0.6) is 0 Å². The number of amides is 1. The van der Waals surface area contributed by atoms with E-state index in [1.54, 1.807) is 0 Å². The highest BCUT2D eigenvalue weighted by molar-refractivity contribution is 5.84. The number of carbonyl (C=O) groups excluding carboxylic acids is 1. The molecule has 0 atom stereocenters. The van der Waals surface area contributed by atoms with Crippen LogP contribution >= 0.6 is 0 Å². The fraction of sp³-hybridized carbons (Fsp3) is 0.250. The summed E-state index contributed by atoms with van der Waals surface area (Å²) in [7, 11) is 0. The average Bonchev–Trinajstić information content (AvgIpc) is 3.12. The van der Waals surface area contributed by atoms with Crippen LogP contribution in [0.4, 0.5) is 5.69 Å². The monoisotopic (exact) mass is 308 g/mol. The van der Waals surface area contributed by atoms with Gasteiger partial charge in [0, 0.05) is 13.0 Å². The molecule has 10 nitrogen and oxygen atoms in total. The van der Waals surface area contributed by atoms with E-state index in [1.807, 2.05) is 0 Å². The smallest absolute Gasteiger partial charge is 0.371 e. The van der Waals surface area contributed by atoms with Crippen molar-refractivity contribution in [3.63, 3.8) is 0 Å². The standard InChI is InChI=1S/C12H12N4O6/c17-11(3-4-15-7-8(5-14-15)16(20)21)13-6-9-1-2-10(22-9)12(18)19/h1-2,5,7H,3-4,6H2,(H,13,17)(H,18,19). The SMILES string of the molecule is O=C(CCn1cc([N+](=O)[O-])cn1)NCc1ccc(C(=O)O)o1. The van der Waals surface area contributed by atoms with Crippen molar-refractivity contribution < 1.29 is 24.0 Å². The van der Waals surface area contributed by atoms with Crippen molar-refractivity contribution >= 4 is 17.6 Å². The minimum Gasteiger partial charge on any atom is -0.475 e. The fourth-order valence-electron chi connectivity index (χ4n) is 1.65. The zero-order valence-electron chi connectivity index (χ0n) is 11.3. The Kier molecular flexibility index (Phi) is 4.51. The lowest BCUT2D eigenvalue weighted by molar-refractivity contribution is -0.385. The molecule has 2 rings (SSSR count). The van der Waals surface area contributed by atoms with E-state index in [2.05, 4.69) is 10.4 Å². The van der Waals surface area contributed by atoms with Gasteiger partial charge < -0.3 is 14.8 Å². The number of nitro groups is 1. The minimum absolute atomic E-state index is 0.0609. The van der Waals surface area contributed by atoms with Gasteiger partial charge in [-0.2, -0.15) is 5.10 Å². The lowest BCUT2D eigenvalue weighted by atomic mass is 10.3. The molecule has 1 amide bonds. The molecule has 0 fully saturated rings. The highest BCUT2D eigenvalue weighted by Crippen LogP contribution is 2.09.